The highest BCUT2D eigenvalue weighted by atomic mass is 15.2. The first kappa shape index (κ1) is 20.9. The highest BCUT2D eigenvalue weighted by molar-refractivity contribution is 5.88. The largest absolute Gasteiger partial charge is 0.302 e. The van der Waals surface area contributed by atoms with Crippen molar-refractivity contribution in [2.45, 2.75) is 78.3 Å². The minimum absolute atomic E-state index is 0.0992. The topological polar surface area (TPSA) is 17.2 Å². The number of rotatable bonds is 2. The van der Waals surface area contributed by atoms with Gasteiger partial charge in [0.2, 0.25) is 0 Å². The van der Waals surface area contributed by atoms with Crippen LogP contribution >= 0.6 is 0 Å². The van der Waals surface area contributed by atoms with Crippen molar-refractivity contribution in [3.63, 3.8) is 0 Å². The maximum atomic E-state index is 3.96. The van der Waals surface area contributed by atoms with E-state index in [1.54, 1.807) is 22.4 Å². The summed E-state index contributed by atoms with van der Waals surface area (Å²) in [6.07, 6.45) is 4.91. The standard InChI is InChI=1S/C29H38N2/c1-20-12-13-23-18-25-28(5)15-14-24(30-19-22-10-8-7-9-11-22)27(3,4)29(28,16-17-31(25)6)26(23)21(20)2/h7-13,25H,14-19H2,1-6H3/p+1/t25-,28?,29-/m0/s1. The van der Waals surface area contributed by atoms with Crippen LogP contribution in [-0.4, -0.2) is 30.2 Å². The average molecular weight is 416 g/mol. The smallest absolute Gasteiger partial charge is 0.166 e. The molecule has 3 aliphatic rings. The summed E-state index contributed by atoms with van der Waals surface area (Å²) in [5.74, 6) is 0. The van der Waals surface area contributed by atoms with Crippen LogP contribution in [0.5, 0.6) is 0 Å². The van der Waals surface area contributed by atoms with Crippen LogP contribution in [0.4, 0.5) is 0 Å². The van der Waals surface area contributed by atoms with Crippen molar-refractivity contribution in [1.82, 2.24) is 4.90 Å². The predicted molar refractivity (Wildman–Crippen MR) is 130 cm³/mol. The summed E-state index contributed by atoms with van der Waals surface area (Å²) in [6, 6.07) is 16.3. The normalized spacial score (nSPS) is 33.1. The van der Waals surface area contributed by atoms with E-state index in [0.29, 0.717) is 11.5 Å². The number of benzene rings is 2. The van der Waals surface area contributed by atoms with Gasteiger partial charge in [0.1, 0.15) is 0 Å². The zero-order valence-corrected chi connectivity index (χ0v) is 20.3. The van der Waals surface area contributed by atoms with Gasteiger partial charge < -0.3 is 4.90 Å². The molecule has 31 heavy (non-hydrogen) atoms. The molecule has 0 radical (unpaired) electrons. The summed E-state index contributed by atoms with van der Waals surface area (Å²) in [5, 5.41) is 0. The summed E-state index contributed by atoms with van der Waals surface area (Å²) >= 11 is 0. The Balaban J connectivity index is 1.70. The van der Waals surface area contributed by atoms with Gasteiger partial charge in [0.05, 0.1) is 5.41 Å². The van der Waals surface area contributed by atoms with Crippen molar-refractivity contribution in [2.24, 2.45) is 10.8 Å². The number of hydrogen-bond donors (Lipinski definition) is 1. The molecular weight excluding hydrogens is 376 g/mol. The number of likely N-dealkylation sites (N-methyl/N-ethyl adjacent to an activating group) is 1. The second-order valence-corrected chi connectivity index (χ2v) is 11.3. The van der Waals surface area contributed by atoms with E-state index in [9.17, 15) is 0 Å². The molecule has 2 heteroatoms. The number of likely N-dealkylation sites (tertiary alicyclic amines) is 1. The Morgan fingerprint density at radius 3 is 2.48 bits per heavy atom. The summed E-state index contributed by atoms with van der Waals surface area (Å²) in [5.41, 5.74) is 9.81. The summed E-state index contributed by atoms with van der Waals surface area (Å²) in [7, 11) is 2.37. The first-order chi connectivity index (χ1) is 14.7. The number of hydrogen-bond acceptors (Lipinski definition) is 1. The molecule has 0 amide bonds. The van der Waals surface area contributed by atoms with E-state index >= 15 is 0 Å². The van der Waals surface area contributed by atoms with Crippen LogP contribution in [0.15, 0.2) is 42.5 Å². The number of piperidine rings is 1. The van der Waals surface area contributed by atoms with Crippen LogP contribution in [0, 0.1) is 24.7 Å². The van der Waals surface area contributed by atoms with Crippen molar-refractivity contribution in [1.29, 1.82) is 0 Å². The molecule has 164 valence electrons. The molecule has 2 aromatic rings. The third-order valence-corrected chi connectivity index (χ3v) is 9.81. The van der Waals surface area contributed by atoms with Crippen molar-refractivity contribution in [3.05, 3.63) is 70.3 Å². The van der Waals surface area contributed by atoms with Crippen LogP contribution in [0.3, 0.4) is 0 Å². The third kappa shape index (κ3) is 2.70. The molecule has 3 atom stereocenters. The fourth-order valence-electron chi connectivity index (χ4n) is 7.98. The van der Waals surface area contributed by atoms with E-state index in [2.05, 4.69) is 94.0 Å². The van der Waals surface area contributed by atoms with Crippen LogP contribution < -0.4 is 4.99 Å². The van der Waals surface area contributed by atoms with Gasteiger partial charge in [0.15, 0.2) is 12.3 Å². The Kier molecular flexibility index (Phi) is 4.75. The lowest BCUT2D eigenvalue weighted by Gasteiger charge is -2.69. The predicted octanol–water partition coefficient (Wildman–Crippen LogP) is 4.35. The van der Waals surface area contributed by atoms with Gasteiger partial charge in [-0.25, -0.2) is 4.99 Å². The van der Waals surface area contributed by atoms with Gasteiger partial charge in [0.25, 0.3) is 0 Å². The molecule has 5 rings (SSSR count). The van der Waals surface area contributed by atoms with E-state index in [4.69, 9.17) is 0 Å². The quantitative estimate of drug-likeness (QED) is 0.772. The van der Waals surface area contributed by atoms with Gasteiger partial charge in [-0.2, -0.15) is 0 Å². The second-order valence-electron chi connectivity index (χ2n) is 11.3. The Morgan fingerprint density at radius 2 is 1.74 bits per heavy atom. The zero-order chi connectivity index (χ0) is 22.0. The number of nitrogens with one attached hydrogen (secondary N) is 1. The SMILES string of the molecule is Cc1ccc2c(c1C)[C@]13CCN(C)[C@@H](C2)C1(C)CCC(=[NH+]Cc1ccccc1)C3(C)C. The first-order valence-corrected chi connectivity index (χ1v) is 12.2. The van der Waals surface area contributed by atoms with Gasteiger partial charge in [-0.1, -0.05) is 49.4 Å². The fourth-order valence-corrected chi connectivity index (χ4v) is 7.98. The Hall–Kier alpha value is -1.93. The molecule has 2 fully saturated rings. The Bertz CT molecular complexity index is 1030. The third-order valence-electron chi connectivity index (χ3n) is 9.81. The average Bonchev–Trinajstić information content (AvgIpc) is 2.73. The van der Waals surface area contributed by atoms with Crippen LogP contribution in [-0.2, 0) is 18.4 Å². The van der Waals surface area contributed by atoms with Crippen LogP contribution in [0.2, 0.25) is 0 Å². The molecule has 2 bridgehead atoms. The van der Waals surface area contributed by atoms with Crippen LogP contribution in [0.1, 0.15) is 67.9 Å². The van der Waals surface area contributed by atoms with Gasteiger partial charge in [-0.3, -0.25) is 0 Å². The number of fused-ring (bicyclic) bond motifs is 1. The van der Waals surface area contributed by atoms with E-state index < -0.39 is 0 Å². The molecular formula is C29H39N2+. The van der Waals surface area contributed by atoms with Gasteiger partial charge in [-0.15, -0.1) is 0 Å². The number of nitrogens with zero attached hydrogens (tertiary/aromatic N) is 1. The highest BCUT2D eigenvalue weighted by Crippen LogP contribution is 2.68. The minimum atomic E-state index is 0.0992. The second kappa shape index (κ2) is 7.04. The molecule has 2 aliphatic carbocycles. The maximum Gasteiger partial charge on any atom is 0.166 e. The van der Waals surface area contributed by atoms with Gasteiger partial charge in [0, 0.05) is 23.4 Å². The maximum absolute atomic E-state index is 3.96. The highest BCUT2D eigenvalue weighted by Gasteiger charge is 2.70. The van der Waals surface area contributed by atoms with Gasteiger partial charge >= 0.3 is 0 Å². The molecule has 1 heterocycles. The molecule has 1 saturated heterocycles. The molecule has 2 nitrogen and oxygen atoms in total. The van der Waals surface area contributed by atoms with Crippen molar-refractivity contribution in [3.8, 4) is 0 Å². The zero-order valence-electron chi connectivity index (χ0n) is 20.3. The molecule has 1 unspecified atom stereocenters. The summed E-state index contributed by atoms with van der Waals surface area (Å²) in [4.78, 5) is 6.63. The van der Waals surface area contributed by atoms with E-state index in [0.717, 1.165) is 6.54 Å². The van der Waals surface area contributed by atoms with Crippen molar-refractivity contribution >= 4 is 5.71 Å². The molecule has 0 spiro atoms. The van der Waals surface area contributed by atoms with E-state index in [1.165, 1.54) is 43.4 Å². The summed E-state index contributed by atoms with van der Waals surface area (Å²) in [6.45, 7) is 14.6. The fraction of sp³-hybridized carbons (Fsp3) is 0.552. The first-order valence-electron chi connectivity index (χ1n) is 12.2. The Labute approximate surface area is 188 Å². The van der Waals surface area contributed by atoms with Crippen molar-refractivity contribution < 1.29 is 4.99 Å². The van der Waals surface area contributed by atoms with Crippen LogP contribution in [0.25, 0.3) is 0 Å². The summed E-state index contributed by atoms with van der Waals surface area (Å²) < 4.78 is 0. The molecule has 1 aliphatic heterocycles. The molecule has 1 saturated carbocycles. The van der Waals surface area contributed by atoms with E-state index in [-0.39, 0.29) is 10.8 Å². The van der Waals surface area contributed by atoms with E-state index in [1.807, 2.05) is 0 Å². The lowest BCUT2D eigenvalue weighted by molar-refractivity contribution is -0.483. The lowest BCUT2D eigenvalue weighted by Crippen LogP contribution is -2.81. The molecule has 0 aromatic heterocycles. The number of aryl methyl sites for hydroxylation is 1. The van der Waals surface area contributed by atoms with Crippen molar-refractivity contribution in [2.75, 3.05) is 13.6 Å². The van der Waals surface area contributed by atoms with Gasteiger partial charge in [-0.05, 0) is 88.2 Å². The monoisotopic (exact) mass is 415 g/mol. The minimum Gasteiger partial charge on any atom is -0.302 e. The Morgan fingerprint density at radius 1 is 1.00 bits per heavy atom. The molecule has 2 aromatic carbocycles. The molecule has 1 N–H and O–H groups in total. The lowest BCUT2D eigenvalue weighted by atomic mass is 9.37.